The van der Waals surface area contributed by atoms with Crippen LogP contribution in [0.1, 0.15) is 37.4 Å². The average Bonchev–Trinajstić information content (AvgIpc) is 3.18. The molecule has 0 aromatic carbocycles. The predicted octanol–water partition coefficient (Wildman–Crippen LogP) is 2.67. The number of nitriles is 1. The number of aryl methyl sites for hydroxylation is 1. The van der Waals surface area contributed by atoms with E-state index in [9.17, 15) is 10.1 Å². The minimum absolute atomic E-state index is 0.0381. The van der Waals surface area contributed by atoms with Crippen molar-refractivity contribution in [1.82, 2.24) is 15.0 Å². The molecule has 0 radical (unpaired) electrons. The summed E-state index contributed by atoms with van der Waals surface area (Å²) < 4.78 is 0. The number of nitrogens with zero attached hydrogens (tertiary/aromatic N) is 6. The van der Waals surface area contributed by atoms with Crippen LogP contribution in [0.4, 0.5) is 23.3 Å². The van der Waals surface area contributed by atoms with Gasteiger partial charge in [-0.15, -0.1) is 0 Å². The highest BCUT2D eigenvalue weighted by Crippen LogP contribution is 2.58. The summed E-state index contributed by atoms with van der Waals surface area (Å²) in [5.41, 5.74) is 3.34. The number of hydrogen-bond acceptors (Lipinski definition) is 7. The third-order valence-corrected chi connectivity index (χ3v) is 6.12. The molecule has 2 aromatic rings. The highest BCUT2D eigenvalue weighted by Gasteiger charge is 2.52. The molecule has 1 saturated carbocycles. The molecule has 1 aliphatic carbocycles. The zero-order chi connectivity index (χ0) is 20.2. The van der Waals surface area contributed by atoms with Gasteiger partial charge in [0.15, 0.2) is 0 Å². The number of nitrogens with one attached hydrogen (secondary N) is 1. The van der Waals surface area contributed by atoms with Crippen molar-refractivity contribution in [2.75, 3.05) is 34.8 Å². The quantitative estimate of drug-likeness (QED) is 0.862. The molecule has 1 amide bonds. The van der Waals surface area contributed by atoms with Crippen LogP contribution in [0.5, 0.6) is 0 Å². The van der Waals surface area contributed by atoms with E-state index in [1.54, 1.807) is 0 Å². The number of fused-ring (bicyclic) bond motifs is 2. The Hall–Kier alpha value is -3.21. The highest BCUT2D eigenvalue weighted by atomic mass is 16.1. The lowest BCUT2D eigenvalue weighted by molar-refractivity contribution is -0.114. The first-order valence-electron chi connectivity index (χ1n) is 10.0. The Kier molecular flexibility index (Phi) is 3.95. The van der Waals surface area contributed by atoms with Gasteiger partial charge in [-0.25, -0.2) is 9.97 Å². The highest BCUT2D eigenvalue weighted by molar-refractivity contribution is 5.89. The van der Waals surface area contributed by atoms with Crippen LogP contribution in [0.15, 0.2) is 18.3 Å². The van der Waals surface area contributed by atoms with E-state index in [-0.39, 0.29) is 17.2 Å². The van der Waals surface area contributed by atoms with Crippen LogP contribution >= 0.6 is 0 Å². The second-order valence-electron chi connectivity index (χ2n) is 8.36. The van der Waals surface area contributed by atoms with Crippen LogP contribution < -0.4 is 15.1 Å². The van der Waals surface area contributed by atoms with Crippen LogP contribution in [-0.2, 0) is 10.2 Å². The van der Waals surface area contributed by atoms with Gasteiger partial charge in [0.2, 0.25) is 11.9 Å². The molecule has 0 unspecified atom stereocenters. The molecule has 5 rings (SSSR count). The van der Waals surface area contributed by atoms with Crippen molar-refractivity contribution in [2.45, 2.75) is 38.5 Å². The van der Waals surface area contributed by atoms with Crippen molar-refractivity contribution in [3.05, 3.63) is 29.6 Å². The molecule has 2 fully saturated rings. The molecule has 1 N–H and O–H groups in total. The fraction of sp³-hybridized carbons (Fsp3) is 0.476. The number of carbonyl (C=O) groups excluding carboxylic acids is 1. The third kappa shape index (κ3) is 3.07. The first-order valence-corrected chi connectivity index (χ1v) is 10.0. The second-order valence-corrected chi connectivity index (χ2v) is 8.36. The van der Waals surface area contributed by atoms with E-state index in [0.717, 1.165) is 49.6 Å². The van der Waals surface area contributed by atoms with Gasteiger partial charge in [-0.3, -0.25) is 4.79 Å². The van der Waals surface area contributed by atoms with Gasteiger partial charge >= 0.3 is 0 Å². The first kappa shape index (κ1) is 17.9. The summed E-state index contributed by atoms with van der Waals surface area (Å²) in [6, 6.07) is 6.30. The van der Waals surface area contributed by atoms with Crippen LogP contribution in [0.2, 0.25) is 0 Å². The number of pyridine rings is 1. The van der Waals surface area contributed by atoms with Crippen molar-refractivity contribution >= 4 is 29.2 Å². The number of aromatic nitrogens is 3. The minimum atomic E-state index is -0.135. The predicted molar refractivity (Wildman–Crippen MR) is 109 cm³/mol. The summed E-state index contributed by atoms with van der Waals surface area (Å²) in [5, 5.41) is 12.0. The van der Waals surface area contributed by atoms with Crippen molar-refractivity contribution in [3.8, 4) is 6.07 Å². The van der Waals surface area contributed by atoms with Gasteiger partial charge < -0.3 is 15.1 Å². The SMILES string of the molecule is CC(=O)Nc1cc2c(cn1)C1(CC1)CN2c1cc(C)nc(N2CC[C@H](C#N)C2)n1. The van der Waals surface area contributed by atoms with E-state index < -0.39 is 0 Å². The molecule has 8 nitrogen and oxygen atoms in total. The van der Waals surface area contributed by atoms with Gasteiger partial charge in [0.25, 0.3) is 0 Å². The summed E-state index contributed by atoms with van der Waals surface area (Å²) in [4.78, 5) is 29.7. The monoisotopic (exact) mass is 389 g/mol. The van der Waals surface area contributed by atoms with Gasteiger partial charge in [0.1, 0.15) is 11.6 Å². The smallest absolute Gasteiger partial charge is 0.227 e. The van der Waals surface area contributed by atoms with Crippen LogP contribution in [0.3, 0.4) is 0 Å². The van der Waals surface area contributed by atoms with E-state index in [1.165, 1.54) is 12.5 Å². The Balaban J connectivity index is 1.52. The van der Waals surface area contributed by atoms with Gasteiger partial charge in [0, 0.05) is 61.6 Å². The van der Waals surface area contributed by atoms with Crippen LogP contribution in [0.25, 0.3) is 0 Å². The molecule has 4 heterocycles. The third-order valence-electron chi connectivity index (χ3n) is 6.12. The number of anilines is 4. The van der Waals surface area contributed by atoms with E-state index >= 15 is 0 Å². The van der Waals surface area contributed by atoms with Gasteiger partial charge in [-0.2, -0.15) is 10.2 Å². The van der Waals surface area contributed by atoms with Gasteiger partial charge in [-0.05, 0) is 26.2 Å². The maximum Gasteiger partial charge on any atom is 0.227 e. The lowest BCUT2D eigenvalue weighted by Gasteiger charge is -2.23. The fourth-order valence-electron chi connectivity index (χ4n) is 4.44. The van der Waals surface area contributed by atoms with Crippen LogP contribution in [0, 0.1) is 24.2 Å². The van der Waals surface area contributed by atoms with Crippen molar-refractivity contribution in [3.63, 3.8) is 0 Å². The largest absolute Gasteiger partial charge is 0.339 e. The molecular formula is C21H23N7O. The molecule has 29 heavy (non-hydrogen) atoms. The molecule has 148 valence electrons. The average molecular weight is 389 g/mol. The normalized spacial score (nSPS) is 21.2. The Labute approximate surface area is 169 Å². The molecular weight excluding hydrogens is 366 g/mol. The van der Waals surface area contributed by atoms with E-state index in [1.807, 2.05) is 25.3 Å². The molecule has 2 aliphatic heterocycles. The second kappa shape index (κ2) is 6.41. The Morgan fingerprint density at radius 2 is 2.17 bits per heavy atom. The zero-order valence-electron chi connectivity index (χ0n) is 16.6. The molecule has 2 aromatic heterocycles. The summed E-state index contributed by atoms with van der Waals surface area (Å²) in [6.45, 7) is 5.81. The summed E-state index contributed by atoms with van der Waals surface area (Å²) in [5.74, 6) is 2.01. The maximum absolute atomic E-state index is 11.5. The van der Waals surface area contributed by atoms with Crippen molar-refractivity contribution in [2.24, 2.45) is 5.92 Å². The first-order chi connectivity index (χ1) is 14.0. The number of rotatable bonds is 3. The summed E-state index contributed by atoms with van der Waals surface area (Å²) in [7, 11) is 0. The molecule has 8 heteroatoms. The molecule has 1 saturated heterocycles. The Bertz CT molecular complexity index is 1040. The molecule has 3 aliphatic rings. The lowest BCUT2D eigenvalue weighted by atomic mass is 10.0. The standard InChI is InChI=1S/C21H23N7O/c1-13-7-19(26-20(24-13)27-6-3-15(9-22)11-27)28-12-21(4-5-21)16-10-23-18(8-17(16)28)25-14(2)29/h7-8,10,15H,3-6,11-12H2,1-2H3,(H,23,25,29)/t15-/m1/s1. The van der Waals surface area contributed by atoms with Gasteiger partial charge in [0.05, 0.1) is 17.7 Å². The maximum atomic E-state index is 11.5. The number of amides is 1. The van der Waals surface area contributed by atoms with E-state index in [4.69, 9.17) is 4.98 Å². The molecule has 0 bridgehead atoms. The lowest BCUT2D eigenvalue weighted by Crippen LogP contribution is -2.25. The van der Waals surface area contributed by atoms with Crippen molar-refractivity contribution < 1.29 is 4.79 Å². The fourth-order valence-corrected chi connectivity index (χ4v) is 4.44. The Morgan fingerprint density at radius 3 is 2.86 bits per heavy atom. The van der Waals surface area contributed by atoms with E-state index in [2.05, 4.69) is 31.2 Å². The number of carbonyl (C=O) groups is 1. The van der Waals surface area contributed by atoms with E-state index in [0.29, 0.717) is 18.3 Å². The summed E-state index contributed by atoms with van der Waals surface area (Å²) >= 11 is 0. The minimum Gasteiger partial charge on any atom is -0.339 e. The molecule has 1 spiro atoms. The topological polar surface area (TPSA) is 98.0 Å². The number of hydrogen-bond donors (Lipinski definition) is 1. The molecule has 1 atom stereocenters. The van der Waals surface area contributed by atoms with Gasteiger partial charge in [-0.1, -0.05) is 0 Å². The van der Waals surface area contributed by atoms with Crippen LogP contribution in [-0.4, -0.2) is 40.5 Å². The summed E-state index contributed by atoms with van der Waals surface area (Å²) in [6.07, 6.45) is 5.04. The Morgan fingerprint density at radius 1 is 1.34 bits per heavy atom. The zero-order valence-corrected chi connectivity index (χ0v) is 16.6. The van der Waals surface area contributed by atoms with Crippen molar-refractivity contribution in [1.29, 1.82) is 5.26 Å².